The third-order valence-electron chi connectivity index (χ3n) is 3.31. The van der Waals surface area contributed by atoms with E-state index in [1.807, 2.05) is 13.1 Å². The van der Waals surface area contributed by atoms with Gasteiger partial charge in [-0.3, -0.25) is 0 Å². The summed E-state index contributed by atoms with van der Waals surface area (Å²) in [6, 6.07) is 5.11. The Morgan fingerprint density at radius 3 is 2.76 bits per heavy atom. The van der Waals surface area contributed by atoms with E-state index in [0.717, 1.165) is 24.6 Å². The van der Waals surface area contributed by atoms with E-state index in [1.165, 1.54) is 18.5 Å². The summed E-state index contributed by atoms with van der Waals surface area (Å²) in [6.07, 6.45) is 2.69. The summed E-state index contributed by atoms with van der Waals surface area (Å²) in [5.74, 6) is 0.698. The van der Waals surface area contributed by atoms with Crippen molar-refractivity contribution < 1.29 is 4.39 Å². The van der Waals surface area contributed by atoms with E-state index in [-0.39, 0.29) is 5.82 Å². The largest absolute Gasteiger partial charge is 0.371 e. The fourth-order valence-corrected chi connectivity index (χ4v) is 2.20. The summed E-state index contributed by atoms with van der Waals surface area (Å²) >= 11 is 0. The van der Waals surface area contributed by atoms with E-state index in [0.29, 0.717) is 6.54 Å². The lowest BCUT2D eigenvalue weighted by molar-refractivity contribution is 0.622. The molecule has 94 valence electrons. The molecular formula is C14H21FN2. The average molecular weight is 236 g/mol. The van der Waals surface area contributed by atoms with Crippen LogP contribution in [-0.4, -0.2) is 20.1 Å². The third-order valence-corrected chi connectivity index (χ3v) is 3.31. The minimum atomic E-state index is -0.151. The van der Waals surface area contributed by atoms with Gasteiger partial charge in [0.05, 0.1) is 0 Å². The number of anilines is 1. The van der Waals surface area contributed by atoms with Gasteiger partial charge in [-0.05, 0) is 56.5 Å². The molecule has 0 saturated heterocycles. The van der Waals surface area contributed by atoms with Crippen molar-refractivity contribution >= 4 is 5.69 Å². The zero-order valence-corrected chi connectivity index (χ0v) is 10.7. The van der Waals surface area contributed by atoms with Crippen molar-refractivity contribution in [1.29, 1.82) is 0 Å². The molecule has 0 heterocycles. The van der Waals surface area contributed by atoms with Gasteiger partial charge in [-0.1, -0.05) is 0 Å². The third kappa shape index (κ3) is 3.19. The lowest BCUT2D eigenvalue weighted by atomic mass is 10.1. The fourth-order valence-electron chi connectivity index (χ4n) is 2.20. The summed E-state index contributed by atoms with van der Waals surface area (Å²) in [7, 11) is 1.89. The van der Waals surface area contributed by atoms with E-state index >= 15 is 0 Å². The highest BCUT2D eigenvalue weighted by molar-refractivity contribution is 5.54. The predicted molar refractivity (Wildman–Crippen MR) is 69.8 cm³/mol. The first-order chi connectivity index (χ1) is 8.24. The highest BCUT2D eigenvalue weighted by atomic mass is 19.1. The first kappa shape index (κ1) is 12.4. The van der Waals surface area contributed by atoms with Crippen LogP contribution < -0.4 is 10.2 Å². The number of hydrogen-bond acceptors (Lipinski definition) is 2. The molecule has 0 aromatic heterocycles. The van der Waals surface area contributed by atoms with Crippen molar-refractivity contribution in [3.63, 3.8) is 0 Å². The van der Waals surface area contributed by atoms with Gasteiger partial charge in [0.25, 0.3) is 0 Å². The normalized spacial score (nSPS) is 15.0. The maximum absolute atomic E-state index is 13.3. The number of nitrogens with zero attached hydrogens (tertiary/aromatic N) is 1. The smallest absolute Gasteiger partial charge is 0.123 e. The van der Waals surface area contributed by atoms with Crippen LogP contribution in [0.1, 0.15) is 25.3 Å². The molecule has 2 rings (SSSR count). The molecule has 0 radical (unpaired) electrons. The Balaban J connectivity index is 2.20. The molecule has 0 bridgehead atoms. The average Bonchev–Trinajstić information content (AvgIpc) is 3.11. The first-order valence-electron chi connectivity index (χ1n) is 6.42. The summed E-state index contributed by atoms with van der Waals surface area (Å²) in [5, 5.41) is 3.11. The number of benzene rings is 1. The minimum Gasteiger partial charge on any atom is -0.371 e. The predicted octanol–water partition coefficient (Wildman–Crippen LogP) is 2.78. The summed E-state index contributed by atoms with van der Waals surface area (Å²) in [4.78, 5) is 2.36. The van der Waals surface area contributed by atoms with Crippen LogP contribution in [0.5, 0.6) is 0 Å². The van der Waals surface area contributed by atoms with Crippen LogP contribution in [0.2, 0.25) is 0 Å². The van der Waals surface area contributed by atoms with E-state index in [4.69, 9.17) is 0 Å². The Morgan fingerprint density at radius 1 is 1.41 bits per heavy atom. The monoisotopic (exact) mass is 236 g/mol. The standard InChI is InChI=1S/C14H21FN2/c1-3-17(10-11-4-5-11)14-7-6-13(15)8-12(14)9-16-2/h6-8,11,16H,3-5,9-10H2,1-2H3. The molecule has 1 fully saturated rings. The van der Waals surface area contributed by atoms with E-state index in [2.05, 4.69) is 17.1 Å². The highest BCUT2D eigenvalue weighted by Crippen LogP contribution is 2.32. The van der Waals surface area contributed by atoms with E-state index < -0.39 is 0 Å². The Morgan fingerprint density at radius 2 is 2.18 bits per heavy atom. The summed E-state index contributed by atoms with van der Waals surface area (Å²) < 4.78 is 13.3. The molecule has 0 spiro atoms. The van der Waals surface area contributed by atoms with Gasteiger partial charge < -0.3 is 10.2 Å². The number of halogens is 1. The maximum Gasteiger partial charge on any atom is 0.123 e. The summed E-state index contributed by atoms with van der Waals surface area (Å²) in [6.45, 7) is 4.97. The van der Waals surface area contributed by atoms with Gasteiger partial charge in [0.1, 0.15) is 5.82 Å². The van der Waals surface area contributed by atoms with Gasteiger partial charge in [-0.25, -0.2) is 4.39 Å². The molecule has 1 aliphatic carbocycles. The first-order valence-corrected chi connectivity index (χ1v) is 6.42. The van der Waals surface area contributed by atoms with Crippen molar-refractivity contribution in [2.75, 3.05) is 25.0 Å². The van der Waals surface area contributed by atoms with Crippen LogP contribution in [0.25, 0.3) is 0 Å². The second-order valence-corrected chi connectivity index (χ2v) is 4.79. The van der Waals surface area contributed by atoms with Crippen molar-refractivity contribution in [2.45, 2.75) is 26.3 Å². The van der Waals surface area contributed by atoms with Gasteiger partial charge in [-0.15, -0.1) is 0 Å². The SMILES string of the molecule is CCN(CC1CC1)c1ccc(F)cc1CNC. The lowest BCUT2D eigenvalue weighted by Gasteiger charge is -2.26. The zero-order valence-electron chi connectivity index (χ0n) is 10.7. The quantitative estimate of drug-likeness (QED) is 0.817. The van der Waals surface area contributed by atoms with Gasteiger partial charge in [0.2, 0.25) is 0 Å². The second-order valence-electron chi connectivity index (χ2n) is 4.79. The van der Waals surface area contributed by atoms with Crippen molar-refractivity contribution in [3.8, 4) is 0 Å². The molecule has 0 aliphatic heterocycles. The zero-order chi connectivity index (χ0) is 12.3. The molecule has 1 aromatic rings. The molecule has 1 saturated carbocycles. The molecule has 1 aromatic carbocycles. The van der Waals surface area contributed by atoms with Crippen LogP contribution in [0.4, 0.5) is 10.1 Å². The van der Waals surface area contributed by atoms with Crippen LogP contribution in [0.15, 0.2) is 18.2 Å². The molecule has 0 amide bonds. The van der Waals surface area contributed by atoms with Crippen LogP contribution in [-0.2, 0) is 6.54 Å². The Bertz CT molecular complexity index is 374. The molecule has 0 atom stereocenters. The van der Waals surface area contributed by atoms with Gasteiger partial charge in [0, 0.05) is 25.3 Å². The summed E-state index contributed by atoms with van der Waals surface area (Å²) in [5.41, 5.74) is 2.23. The minimum absolute atomic E-state index is 0.151. The molecule has 17 heavy (non-hydrogen) atoms. The van der Waals surface area contributed by atoms with Crippen molar-refractivity contribution in [2.24, 2.45) is 5.92 Å². The molecule has 1 aliphatic rings. The van der Waals surface area contributed by atoms with Gasteiger partial charge >= 0.3 is 0 Å². The second kappa shape index (κ2) is 5.50. The lowest BCUT2D eigenvalue weighted by Crippen LogP contribution is -2.27. The van der Waals surface area contributed by atoms with Crippen LogP contribution >= 0.6 is 0 Å². The molecule has 1 N–H and O–H groups in total. The van der Waals surface area contributed by atoms with Gasteiger partial charge in [-0.2, -0.15) is 0 Å². The van der Waals surface area contributed by atoms with Crippen LogP contribution in [0, 0.1) is 11.7 Å². The number of hydrogen-bond donors (Lipinski definition) is 1. The Hall–Kier alpha value is -1.09. The van der Waals surface area contributed by atoms with E-state index in [9.17, 15) is 4.39 Å². The highest BCUT2D eigenvalue weighted by Gasteiger charge is 2.24. The molecule has 3 heteroatoms. The topological polar surface area (TPSA) is 15.3 Å². The van der Waals surface area contributed by atoms with E-state index in [1.54, 1.807) is 12.1 Å². The molecule has 0 unspecified atom stereocenters. The van der Waals surface area contributed by atoms with Crippen molar-refractivity contribution in [3.05, 3.63) is 29.6 Å². The number of nitrogens with one attached hydrogen (secondary N) is 1. The molecule has 2 nitrogen and oxygen atoms in total. The van der Waals surface area contributed by atoms with Gasteiger partial charge in [0.15, 0.2) is 0 Å². The Kier molecular flexibility index (Phi) is 4.00. The van der Waals surface area contributed by atoms with Crippen molar-refractivity contribution in [1.82, 2.24) is 5.32 Å². The Labute approximate surface area is 103 Å². The fraction of sp³-hybridized carbons (Fsp3) is 0.571. The molecular weight excluding hydrogens is 215 g/mol. The maximum atomic E-state index is 13.3. The van der Waals surface area contributed by atoms with Crippen LogP contribution in [0.3, 0.4) is 0 Å². The number of rotatable bonds is 6.